The number of hydrogen-bond acceptors (Lipinski definition) is 7. The number of amides is 2. The lowest BCUT2D eigenvalue weighted by Crippen LogP contribution is -2.47. The molecule has 3 aliphatic rings. The first-order valence-electron chi connectivity index (χ1n) is 10.1. The molecule has 2 amide bonds. The van der Waals surface area contributed by atoms with Gasteiger partial charge in [-0.3, -0.25) is 14.4 Å². The normalized spacial score (nSPS) is 24.9. The standard InChI is InChI=1S/C19H25N5O5S/c25-15-13-24(30(28,29)16-3-1-2-7-21-16)14-6-10-23(19(14)15)18(27)5-4-17(26)22-11-8-20-9-12-22/h1-3,7,14,19-20H,4-6,8-13H2. The van der Waals surface area contributed by atoms with E-state index in [-0.39, 0.29) is 42.0 Å². The van der Waals surface area contributed by atoms with E-state index >= 15 is 0 Å². The van der Waals surface area contributed by atoms with E-state index < -0.39 is 22.1 Å². The van der Waals surface area contributed by atoms with Crippen molar-refractivity contribution in [1.29, 1.82) is 0 Å². The van der Waals surface area contributed by atoms with Crippen LogP contribution in [0.3, 0.4) is 0 Å². The summed E-state index contributed by atoms with van der Waals surface area (Å²) in [5, 5.41) is 3.07. The second kappa shape index (κ2) is 8.40. The third-order valence-corrected chi connectivity index (χ3v) is 7.72. The second-order valence-electron chi connectivity index (χ2n) is 7.70. The van der Waals surface area contributed by atoms with Gasteiger partial charge < -0.3 is 15.1 Å². The van der Waals surface area contributed by atoms with Crippen molar-refractivity contribution in [2.45, 2.75) is 36.4 Å². The Morgan fingerprint density at radius 1 is 1.10 bits per heavy atom. The van der Waals surface area contributed by atoms with Crippen molar-refractivity contribution in [3.63, 3.8) is 0 Å². The van der Waals surface area contributed by atoms with E-state index in [2.05, 4.69) is 10.3 Å². The van der Waals surface area contributed by atoms with E-state index in [1.54, 1.807) is 17.0 Å². The lowest BCUT2D eigenvalue weighted by atomic mass is 10.1. The molecule has 4 rings (SSSR count). The highest BCUT2D eigenvalue weighted by molar-refractivity contribution is 7.89. The molecule has 10 nitrogen and oxygen atoms in total. The van der Waals surface area contributed by atoms with E-state index in [0.29, 0.717) is 26.1 Å². The average Bonchev–Trinajstić information content (AvgIpc) is 3.34. The van der Waals surface area contributed by atoms with Crippen LogP contribution < -0.4 is 5.32 Å². The number of piperazine rings is 1. The zero-order valence-electron chi connectivity index (χ0n) is 16.6. The number of aromatic nitrogens is 1. The van der Waals surface area contributed by atoms with Crippen LogP contribution in [0.25, 0.3) is 0 Å². The summed E-state index contributed by atoms with van der Waals surface area (Å²) in [6, 6.07) is 3.22. The molecule has 30 heavy (non-hydrogen) atoms. The number of sulfonamides is 1. The van der Waals surface area contributed by atoms with Crippen LogP contribution in [0, 0.1) is 0 Å². The minimum absolute atomic E-state index is 0.0201. The fraction of sp³-hybridized carbons (Fsp3) is 0.579. The first-order chi connectivity index (χ1) is 14.4. The van der Waals surface area contributed by atoms with Gasteiger partial charge in [-0.2, -0.15) is 4.31 Å². The van der Waals surface area contributed by atoms with Crippen molar-refractivity contribution in [1.82, 2.24) is 24.4 Å². The molecule has 11 heteroatoms. The number of Topliss-reactive ketones (excluding diaryl/α,β-unsaturated/α-hetero) is 1. The molecule has 0 aliphatic carbocycles. The van der Waals surface area contributed by atoms with E-state index in [4.69, 9.17) is 0 Å². The number of pyridine rings is 1. The van der Waals surface area contributed by atoms with Crippen molar-refractivity contribution in [2.75, 3.05) is 39.3 Å². The highest BCUT2D eigenvalue weighted by Gasteiger charge is 2.53. The summed E-state index contributed by atoms with van der Waals surface area (Å²) in [4.78, 5) is 44.8. The van der Waals surface area contributed by atoms with E-state index in [0.717, 1.165) is 13.1 Å². The molecular weight excluding hydrogens is 410 g/mol. The van der Waals surface area contributed by atoms with Crippen LogP contribution >= 0.6 is 0 Å². The number of nitrogens with zero attached hydrogens (tertiary/aromatic N) is 4. The summed E-state index contributed by atoms with van der Waals surface area (Å²) < 4.78 is 27.1. The molecule has 162 valence electrons. The molecule has 0 radical (unpaired) electrons. The Labute approximate surface area is 175 Å². The molecule has 4 heterocycles. The van der Waals surface area contributed by atoms with Gasteiger partial charge in [0.05, 0.1) is 12.6 Å². The van der Waals surface area contributed by atoms with Crippen LogP contribution in [0.5, 0.6) is 0 Å². The number of carbonyl (C=O) groups is 3. The van der Waals surface area contributed by atoms with Crippen molar-refractivity contribution in [2.24, 2.45) is 0 Å². The maximum absolute atomic E-state index is 12.9. The van der Waals surface area contributed by atoms with Gasteiger partial charge >= 0.3 is 0 Å². The number of hydrogen-bond donors (Lipinski definition) is 1. The predicted molar refractivity (Wildman–Crippen MR) is 106 cm³/mol. The Morgan fingerprint density at radius 3 is 2.53 bits per heavy atom. The zero-order valence-corrected chi connectivity index (χ0v) is 17.4. The third kappa shape index (κ3) is 3.84. The second-order valence-corrected chi connectivity index (χ2v) is 9.54. The zero-order chi connectivity index (χ0) is 21.3. The van der Waals surface area contributed by atoms with E-state index in [1.807, 2.05) is 0 Å². The molecule has 0 spiro atoms. The van der Waals surface area contributed by atoms with Gasteiger partial charge in [-0.05, 0) is 18.6 Å². The average molecular weight is 436 g/mol. The molecule has 0 bridgehead atoms. The van der Waals surface area contributed by atoms with Gasteiger partial charge in [-0.1, -0.05) is 6.07 Å². The van der Waals surface area contributed by atoms with Gasteiger partial charge in [0.15, 0.2) is 10.8 Å². The molecule has 0 saturated carbocycles. The molecule has 3 saturated heterocycles. The lowest BCUT2D eigenvalue weighted by molar-refractivity contribution is -0.139. The Kier molecular flexibility index (Phi) is 5.85. The van der Waals surface area contributed by atoms with Crippen LogP contribution in [0.1, 0.15) is 19.3 Å². The topological polar surface area (TPSA) is 120 Å². The highest BCUT2D eigenvalue weighted by Crippen LogP contribution is 2.33. The number of nitrogens with one attached hydrogen (secondary N) is 1. The third-order valence-electron chi connectivity index (χ3n) is 5.93. The summed E-state index contributed by atoms with van der Waals surface area (Å²) in [5.74, 6) is -0.645. The van der Waals surface area contributed by atoms with Crippen molar-refractivity contribution >= 4 is 27.6 Å². The Bertz CT molecular complexity index is 932. The molecular formula is C19H25N5O5S. The largest absolute Gasteiger partial charge is 0.340 e. The molecule has 2 unspecified atom stereocenters. The van der Waals surface area contributed by atoms with Gasteiger partial charge in [-0.15, -0.1) is 0 Å². The fourth-order valence-electron chi connectivity index (χ4n) is 4.42. The number of likely N-dealkylation sites (tertiary alicyclic amines) is 1. The summed E-state index contributed by atoms with van der Waals surface area (Å²) in [5.41, 5.74) is 0. The molecule has 3 aliphatic heterocycles. The molecule has 1 aromatic rings. The molecule has 0 aromatic carbocycles. The smallest absolute Gasteiger partial charge is 0.261 e. The lowest BCUT2D eigenvalue weighted by Gasteiger charge is -2.28. The minimum atomic E-state index is -3.92. The highest BCUT2D eigenvalue weighted by atomic mass is 32.2. The van der Waals surface area contributed by atoms with Crippen LogP contribution in [0.2, 0.25) is 0 Å². The number of ketones is 1. The van der Waals surface area contributed by atoms with Gasteiger partial charge in [0.25, 0.3) is 10.0 Å². The van der Waals surface area contributed by atoms with Crippen LogP contribution in [-0.2, 0) is 24.4 Å². The molecule has 2 atom stereocenters. The predicted octanol–water partition coefficient (Wildman–Crippen LogP) is -1.16. The molecule has 3 fully saturated rings. The number of rotatable bonds is 5. The van der Waals surface area contributed by atoms with Crippen LogP contribution in [-0.4, -0.2) is 96.5 Å². The Balaban J connectivity index is 1.41. The SMILES string of the molecule is O=C1CN(S(=O)(=O)c2ccccn2)C2CCN(C(=O)CCC(=O)N3CCNCC3)C12. The van der Waals surface area contributed by atoms with Gasteiger partial charge in [0.2, 0.25) is 11.8 Å². The van der Waals surface area contributed by atoms with Crippen molar-refractivity contribution in [3.8, 4) is 0 Å². The van der Waals surface area contributed by atoms with Crippen LogP contribution in [0.15, 0.2) is 29.4 Å². The van der Waals surface area contributed by atoms with E-state index in [1.165, 1.54) is 21.5 Å². The van der Waals surface area contributed by atoms with Crippen LogP contribution in [0.4, 0.5) is 0 Å². The van der Waals surface area contributed by atoms with Crippen molar-refractivity contribution < 1.29 is 22.8 Å². The Hall–Kier alpha value is -2.37. The first kappa shape index (κ1) is 20.9. The maximum atomic E-state index is 12.9. The number of carbonyl (C=O) groups excluding carboxylic acids is 3. The monoisotopic (exact) mass is 435 g/mol. The van der Waals surface area contributed by atoms with E-state index in [9.17, 15) is 22.8 Å². The maximum Gasteiger partial charge on any atom is 0.261 e. The quantitative estimate of drug-likeness (QED) is 0.619. The van der Waals surface area contributed by atoms with Gasteiger partial charge in [-0.25, -0.2) is 13.4 Å². The number of fused-ring (bicyclic) bond motifs is 1. The summed E-state index contributed by atoms with van der Waals surface area (Å²) >= 11 is 0. The minimum Gasteiger partial charge on any atom is -0.340 e. The van der Waals surface area contributed by atoms with Gasteiger partial charge in [0.1, 0.15) is 6.04 Å². The molecule has 1 aromatic heterocycles. The van der Waals surface area contributed by atoms with Gasteiger partial charge in [0, 0.05) is 51.8 Å². The summed E-state index contributed by atoms with van der Waals surface area (Å²) in [6.45, 7) is 2.77. The first-order valence-corrected chi connectivity index (χ1v) is 11.6. The van der Waals surface area contributed by atoms with Crippen molar-refractivity contribution in [3.05, 3.63) is 24.4 Å². The summed E-state index contributed by atoms with van der Waals surface area (Å²) in [6.07, 6.45) is 1.89. The fourth-order valence-corrected chi connectivity index (χ4v) is 5.98. The summed E-state index contributed by atoms with van der Waals surface area (Å²) in [7, 11) is -3.92. The Morgan fingerprint density at radius 2 is 1.83 bits per heavy atom. The molecule has 1 N–H and O–H groups in total.